The van der Waals surface area contributed by atoms with Crippen LogP contribution in [0.1, 0.15) is 79.1 Å². The third kappa shape index (κ3) is 3.99. The SMILES string of the molecule is CCCC(C)(C)C1CCC2(OCC(CN3CCCCC3)O2)C(C)C1. The van der Waals surface area contributed by atoms with Gasteiger partial charge in [0.25, 0.3) is 0 Å². The van der Waals surface area contributed by atoms with Gasteiger partial charge < -0.3 is 14.4 Å². The van der Waals surface area contributed by atoms with Crippen LogP contribution >= 0.6 is 0 Å². The third-order valence-corrected chi connectivity index (χ3v) is 7.02. The quantitative estimate of drug-likeness (QED) is 0.716. The Balaban J connectivity index is 1.54. The molecule has 3 fully saturated rings. The van der Waals surface area contributed by atoms with Crippen LogP contribution in [0.3, 0.4) is 0 Å². The molecule has 3 aliphatic rings. The molecule has 0 amide bonds. The zero-order valence-corrected chi connectivity index (χ0v) is 16.5. The Morgan fingerprint density at radius 1 is 1.17 bits per heavy atom. The lowest BCUT2D eigenvalue weighted by Gasteiger charge is -2.46. The first-order valence-electron chi connectivity index (χ1n) is 10.5. The largest absolute Gasteiger partial charge is 0.347 e. The van der Waals surface area contributed by atoms with Gasteiger partial charge in [0.15, 0.2) is 5.79 Å². The van der Waals surface area contributed by atoms with E-state index < -0.39 is 0 Å². The van der Waals surface area contributed by atoms with Crippen LogP contribution in [0.4, 0.5) is 0 Å². The maximum atomic E-state index is 6.56. The van der Waals surface area contributed by atoms with Crippen molar-refractivity contribution in [3.63, 3.8) is 0 Å². The molecule has 0 bridgehead atoms. The zero-order valence-electron chi connectivity index (χ0n) is 16.5. The average molecular weight is 338 g/mol. The molecule has 140 valence electrons. The van der Waals surface area contributed by atoms with Crippen molar-refractivity contribution in [1.29, 1.82) is 0 Å². The molecule has 2 saturated heterocycles. The Labute approximate surface area is 149 Å². The highest BCUT2D eigenvalue weighted by atomic mass is 16.7. The summed E-state index contributed by atoms with van der Waals surface area (Å²) in [6.07, 6.45) is 10.6. The van der Waals surface area contributed by atoms with E-state index in [0.29, 0.717) is 11.3 Å². The molecule has 1 saturated carbocycles. The van der Waals surface area contributed by atoms with Gasteiger partial charge in [-0.3, -0.25) is 0 Å². The van der Waals surface area contributed by atoms with Crippen molar-refractivity contribution in [1.82, 2.24) is 4.90 Å². The molecule has 3 heteroatoms. The van der Waals surface area contributed by atoms with Crippen molar-refractivity contribution in [2.75, 3.05) is 26.2 Å². The van der Waals surface area contributed by atoms with Crippen molar-refractivity contribution in [3.05, 3.63) is 0 Å². The summed E-state index contributed by atoms with van der Waals surface area (Å²) in [4.78, 5) is 2.58. The first kappa shape index (κ1) is 18.7. The standard InChI is InChI=1S/C21H39NO2/c1-5-10-20(3,4)18-9-11-21(17(2)14-18)23-16-19(24-21)15-22-12-7-6-8-13-22/h17-19H,5-16H2,1-4H3. The van der Waals surface area contributed by atoms with Crippen LogP contribution in [0.15, 0.2) is 0 Å². The molecule has 24 heavy (non-hydrogen) atoms. The van der Waals surface area contributed by atoms with E-state index in [1.54, 1.807) is 0 Å². The van der Waals surface area contributed by atoms with Gasteiger partial charge in [-0.2, -0.15) is 0 Å². The van der Waals surface area contributed by atoms with Crippen LogP contribution in [-0.4, -0.2) is 43.0 Å². The maximum Gasteiger partial charge on any atom is 0.171 e. The smallest absolute Gasteiger partial charge is 0.171 e. The third-order valence-electron chi connectivity index (χ3n) is 7.02. The monoisotopic (exact) mass is 337 g/mol. The second-order valence-corrected chi connectivity index (χ2v) is 9.33. The fourth-order valence-corrected chi connectivity index (χ4v) is 5.40. The Kier molecular flexibility index (Phi) is 5.94. The second-order valence-electron chi connectivity index (χ2n) is 9.33. The number of piperidine rings is 1. The number of hydrogen-bond acceptors (Lipinski definition) is 3. The highest BCUT2D eigenvalue weighted by molar-refractivity contribution is 4.94. The van der Waals surface area contributed by atoms with E-state index in [1.807, 2.05) is 0 Å². The summed E-state index contributed by atoms with van der Waals surface area (Å²) in [7, 11) is 0. The molecule has 1 spiro atoms. The summed E-state index contributed by atoms with van der Waals surface area (Å²) in [6, 6.07) is 0. The molecule has 0 radical (unpaired) electrons. The molecule has 2 aliphatic heterocycles. The van der Waals surface area contributed by atoms with E-state index in [2.05, 4.69) is 32.6 Å². The number of nitrogens with zero attached hydrogens (tertiary/aromatic N) is 1. The minimum atomic E-state index is -0.279. The summed E-state index contributed by atoms with van der Waals surface area (Å²) >= 11 is 0. The molecule has 0 aromatic heterocycles. The van der Waals surface area contributed by atoms with Gasteiger partial charge in [-0.15, -0.1) is 0 Å². The van der Waals surface area contributed by atoms with Crippen molar-refractivity contribution in [3.8, 4) is 0 Å². The van der Waals surface area contributed by atoms with Gasteiger partial charge in [-0.1, -0.05) is 40.5 Å². The molecular formula is C21H39NO2. The van der Waals surface area contributed by atoms with Crippen molar-refractivity contribution >= 4 is 0 Å². The summed E-state index contributed by atoms with van der Waals surface area (Å²) in [6.45, 7) is 13.9. The van der Waals surface area contributed by atoms with E-state index in [4.69, 9.17) is 9.47 Å². The molecule has 1 aliphatic carbocycles. The summed E-state index contributed by atoms with van der Waals surface area (Å²) in [5.74, 6) is 1.05. The fourth-order valence-electron chi connectivity index (χ4n) is 5.40. The highest BCUT2D eigenvalue weighted by Crippen LogP contribution is 2.50. The molecule has 0 N–H and O–H groups in total. The Morgan fingerprint density at radius 3 is 2.58 bits per heavy atom. The van der Waals surface area contributed by atoms with Crippen LogP contribution in [0, 0.1) is 17.3 Å². The van der Waals surface area contributed by atoms with Crippen LogP contribution in [0.25, 0.3) is 0 Å². The minimum absolute atomic E-state index is 0.279. The van der Waals surface area contributed by atoms with Crippen LogP contribution in [0.5, 0.6) is 0 Å². The van der Waals surface area contributed by atoms with E-state index in [-0.39, 0.29) is 11.9 Å². The average Bonchev–Trinajstić information content (AvgIpc) is 2.95. The van der Waals surface area contributed by atoms with E-state index in [9.17, 15) is 0 Å². The lowest BCUT2D eigenvalue weighted by Crippen LogP contribution is -2.46. The van der Waals surface area contributed by atoms with Gasteiger partial charge in [0.1, 0.15) is 0 Å². The van der Waals surface area contributed by atoms with Crippen LogP contribution in [0.2, 0.25) is 0 Å². The van der Waals surface area contributed by atoms with Crippen molar-refractivity contribution < 1.29 is 9.47 Å². The Bertz CT molecular complexity index is 405. The molecular weight excluding hydrogens is 298 g/mol. The molecule has 3 rings (SSSR count). The molecule has 2 heterocycles. The fraction of sp³-hybridized carbons (Fsp3) is 1.00. The maximum absolute atomic E-state index is 6.56. The Morgan fingerprint density at radius 2 is 1.92 bits per heavy atom. The highest BCUT2D eigenvalue weighted by Gasteiger charge is 2.51. The number of rotatable bonds is 5. The normalized spacial score (nSPS) is 38.8. The van der Waals surface area contributed by atoms with Gasteiger partial charge in [-0.25, -0.2) is 0 Å². The molecule has 3 nitrogen and oxygen atoms in total. The zero-order chi connectivity index (χ0) is 17.2. The first-order chi connectivity index (χ1) is 11.5. The van der Waals surface area contributed by atoms with Gasteiger partial charge >= 0.3 is 0 Å². The van der Waals surface area contributed by atoms with Gasteiger partial charge in [0, 0.05) is 18.9 Å². The molecule has 0 aromatic carbocycles. The topological polar surface area (TPSA) is 21.7 Å². The predicted octanol–water partition coefficient (Wildman–Crippen LogP) is 4.85. The second kappa shape index (κ2) is 7.63. The lowest BCUT2D eigenvalue weighted by atomic mass is 9.65. The van der Waals surface area contributed by atoms with Crippen molar-refractivity contribution in [2.24, 2.45) is 17.3 Å². The molecule has 4 atom stereocenters. The van der Waals surface area contributed by atoms with E-state index in [1.165, 1.54) is 58.0 Å². The number of ether oxygens (including phenoxy) is 2. The van der Waals surface area contributed by atoms with Gasteiger partial charge in [0.05, 0.1) is 12.7 Å². The molecule has 4 unspecified atom stereocenters. The number of likely N-dealkylation sites (tertiary alicyclic amines) is 1. The van der Waals surface area contributed by atoms with Gasteiger partial charge in [-0.05, 0) is 56.5 Å². The predicted molar refractivity (Wildman–Crippen MR) is 99.0 cm³/mol. The summed E-state index contributed by atoms with van der Waals surface area (Å²) in [5.41, 5.74) is 0.455. The van der Waals surface area contributed by atoms with Crippen LogP contribution < -0.4 is 0 Å². The molecule has 0 aromatic rings. The lowest BCUT2D eigenvalue weighted by molar-refractivity contribution is -0.228. The first-order valence-corrected chi connectivity index (χ1v) is 10.5. The minimum Gasteiger partial charge on any atom is -0.347 e. The van der Waals surface area contributed by atoms with Crippen LogP contribution in [-0.2, 0) is 9.47 Å². The summed E-state index contributed by atoms with van der Waals surface area (Å²) in [5, 5.41) is 0. The van der Waals surface area contributed by atoms with E-state index in [0.717, 1.165) is 25.5 Å². The van der Waals surface area contributed by atoms with Gasteiger partial charge in [0.2, 0.25) is 0 Å². The number of hydrogen-bond donors (Lipinski definition) is 0. The van der Waals surface area contributed by atoms with Crippen molar-refractivity contribution in [2.45, 2.75) is 91.0 Å². The summed E-state index contributed by atoms with van der Waals surface area (Å²) < 4.78 is 12.9. The van der Waals surface area contributed by atoms with E-state index >= 15 is 0 Å². The Hall–Kier alpha value is -0.120.